The van der Waals surface area contributed by atoms with Crippen LogP contribution in [0.5, 0.6) is 0 Å². The molecule has 15 heavy (non-hydrogen) atoms. The Balaban J connectivity index is 2.56. The van der Waals surface area contributed by atoms with Gasteiger partial charge in [-0.1, -0.05) is 22.9 Å². The van der Waals surface area contributed by atoms with Crippen LogP contribution >= 0.6 is 11.5 Å². The monoisotopic (exact) mass is 219 g/mol. The minimum atomic E-state index is 0.777. The SMILES string of the molecule is C[n+]1nsc(C=N[O-])c1-c1ccccc1. The van der Waals surface area contributed by atoms with E-state index in [0.29, 0.717) is 0 Å². The minimum Gasteiger partial charge on any atom is -0.792 e. The van der Waals surface area contributed by atoms with Crippen molar-refractivity contribution in [3.63, 3.8) is 0 Å². The second-order valence-electron chi connectivity index (χ2n) is 3.01. The fourth-order valence-electron chi connectivity index (χ4n) is 1.41. The number of nitrogens with zero attached hydrogens (tertiary/aromatic N) is 3. The van der Waals surface area contributed by atoms with Crippen molar-refractivity contribution in [3.8, 4) is 11.3 Å². The average Bonchev–Trinajstić information content (AvgIpc) is 2.62. The zero-order chi connectivity index (χ0) is 10.7. The fraction of sp³-hybridized carbons (Fsp3) is 0.100. The van der Waals surface area contributed by atoms with E-state index in [-0.39, 0.29) is 0 Å². The molecule has 2 rings (SSSR count). The molecule has 0 aliphatic heterocycles. The van der Waals surface area contributed by atoms with E-state index in [4.69, 9.17) is 0 Å². The van der Waals surface area contributed by atoms with Crippen LogP contribution in [-0.2, 0) is 7.05 Å². The predicted octanol–water partition coefficient (Wildman–Crippen LogP) is 1.55. The second kappa shape index (κ2) is 4.18. The first kappa shape index (κ1) is 9.79. The quantitative estimate of drug-likeness (QED) is 0.437. The zero-order valence-electron chi connectivity index (χ0n) is 8.12. The first-order chi connectivity index (χ1) is 7.33. The van der Waals surface area contributed by atoms with Crippen molar-refractivity contribution in [2.24, 2.45) is 12.2 Å². The Morgan fingerprint density at radius 3 is 2.80 bits per heavy atom. The van der Waals surface area contributed by atoms with Crippen molar-refractivity contribution in [1.29, 1.82) is 0 Å². The van der Waals surface area contributed by atoms with Gasteiger partial charge >= 0.3 is 0 Å². The highest BCUT2D eigenvalue weighted by molar-refractivity contribution is 7.07. The molecule has 0 spiro atoms. The summed E-state index contributed by atoms with van der Waals surface area (Å²) in [5, 5.41) is 13.0. The molecule has 76 valence electrons. The summed E-state index contributed by atoms with van der Waals surface area (Å²) in [5.41, 5.74) is 1.95. The summed E-state index contributed by atoms with van der Waals surface area (Å²) >= 11 is 1.26. The van der Waals surface area contributed by atoms with Gasteiger partial charge in [0.15, 0.2) is 7.05 Å². The van der Waals surface area contributed by atoms with Gasteiger partial charge in [0.2, 0.25) is 0 Å². The molecule has 0 saturated carbocycles. The van der Waals surface area contributed by atoms with Gasteiger partial charge < -0.3 is 10.4 Å². The van der Waals surface area contributed by atoms with Crippen molar-refractivity contribution < 1.29 is 4.68 Å². The van der Waals surface area contributed by atoms with Crippen LogP contribution in [0, 0.1) is 5.21 Å². The molecule has 0 N–H and O–H groups in total. The number of hydrogen-bond acceptors (Lipinski definition) is 4. The summed E-state index contributed by atoms with van der Waals surface area (Å²) in [4.78, 5) is 0.777. The van der Waals surface area contributed by atoms with Crippen LogP contribution in [0.3, 0.4) is 0 Å². The maximum atomic E-state index is 10.2. The Morgan fingerprint density at radius 1 is 1.40 bits per heavy atom. The summed E-state index contributed by atoms with van der Waals surface area (Å²) in [7, 11) is 1.85. The lowest BCUT2D eigenvalue weighted by Crippen LogP contribution is -2.31. The van der Waals surface area contributed by atoms with Gasteiger partial charge in [-0.15, -0.1) is 0 Å². The normalized spacial score (nSPS) is 11.0. The van der Waals surface area contributed by atoms with Gasteiger partial charge in [0.05, 0.1) is 10.1 Å². The van der Waals surface area contributed by atoms with E-state index in [0.717, 1.165) is 16.1 Å². The molecule has 0 saturated heterocycles. The molecule has 1 aromatic carbocycles. The maximum absolute atomic E-state index is 10.2. The van der Waals surface area contributed by atoms with E-state index in [2.05, 4.69) is 9.64 Å². The molecule has 0 atom stereocenters. The third kappa shape index (κ3) is 1.87. The van der Waals surface area contributed by atoms with E-state index in [9.17, 15) is 5.21 Å². The van der Waals surface area contributed by atoms with Gasteiger partial charge in [0.25, 0.3) is 5.69 Å². The molecule has 0 unspecified atom stereocenters. The van der Waals surface area contributed by atoms with Gasteiger partial charge in [0.1, 0.15) is 4.88 Å². The topological polar surface area (TPSA) is 52.2 Å². The van der Waals surface area contributed by atoms with Crippen LogP contribution in [0.4, 0.5) is 0 Å². The molecule has 1 heterocycles. The lowest BCUT2D eigenvalue weighted by Gasteiger charge is -1.94. The molecule has 0 aliphatic rings. The summed E-state index contributed by atoms with van der Waals surface area (Å²) in [6.07, 6.45) is 1.29. The summed E-state index contributed by atoms with van der Waals surface area (Å²) in [5.74, 6) is 0. The smallest absolute Gasteiger partial charge is 0.260 e. The van der Waals surface area contributed by atoms with Gasteiger partial charge in [-0.05, 0) is 12.1 Å². The maximum Gasteiger partial charge on any atom is 0.260 e. The largest absolute Gasteiger partial charge is 0.792 e. The lowest BCUT2D eigenvalue weighted by atomic mass is 10.1. The highest BCUT2D eigenvalue weighted by Gasteiger charge is 2.18. The van der Waals surface area contributed by atoms with Crippen molar-refractivity contribution in [2.75, 3.05) is 0 Å². The highest BCUT2D eigenvalue weighted by Crippen LogP contribution is 2.20. The Hall–Kier alpha value is -1.75. The number of hydrogen-bond donors (Lipinski definition) is 0. The molecule has 0 fully saturated rings. The first-order valence-electron chi connectivity index (χ1n) is 4.40. The van der Waals surface area contributed by atoms with Crippen molar-refractivity contribution in [3.05, 3.63) is 40.4 Å². The van der Waals surface area contributed by atoms with E-state index in [1.54, 1.807) is 4.68 Å². The predicted molar refractivity (Wildman–Crippen MR) is 59.7 cm³/mol. The summed E-state index contributed by atoms with van der Waals surface area (Å²) < 4.78 is 5.89. The molecule has 0 aliphatic carbocycles. The summed E-state index contributed by atoms with van der Waals surface area (Å²) in [6, 6.07) is 9.80. The fourth-order valence-corrected chi connectivity index (χ4v) is 2.13. The molecule has 4 nitrogen and oxygen atoms in total. The third-order valence-electron chi connectivity index (χ3n) is 2.04. The van der Waals surface area contributed by atoms with E-state index < -0.39 is 0 Å². The van der Waals surface area contributed by atoms with Crippen LogP contribution in [0.15, 0.2) is 35.5 Å². The average molecular weight is 219 g/mol. The Kier molecular flexibility index (Phi) is 2.73. The molecular weight excluding hydrogens is 210 g/mol. The third-order valence-corrected chi connectivity index (χ3v) is 2.86. The molecule has 1 aromatic heterocycles. The minimum absolute atomic E-state index is 0.777. The number of aryl methyl sites for hydroxylation is 1. The molecule has 0 radical (unpaired) electrons. The van der Waals surface area contributed by atoms with Crippen LogP contribution in [0.1, 0.15) is 4.88 Å². The molecular formula is C10H9N3OS. The van der Waals surface area contributed by atoms with Crippen molar-refractivity contribution in [1.82, 2.24) is 4.49 Å². The van der Waals surface area contributed by atoms with E-state index in [1.807, 2.05) is 37.4 Å². The molecule has 2 aromatic rings. The van der Waals surface area contributed by atoms with Crippen molar-refractivity contribution in [2.45, 2.75) is 0 Å². The number of benzene rings is 1. The van der Waals surface area contributed by atoms with Crippen LogP contribution in [-0.4, -0.2) is 10.7 Å². The molecule has 0 amide bonds. The zero-order valence-corrected chi connectivity index (χ0v) is 8.94. The van der Waals surface area contributed by atoms with Crippen LogP contribution < -0.4 is 4.68 Å². The standard InChI is InChI=1S/C10H9N3OS/c1-13-10(8-5-3-2-4-6-8)9(7-11-14)15-12-13/h2-7H,1H3. The highest BCUT2D eigenvalue weighted by atomic mass is 32.1. The van der Waals surface area contributed by atoms with Gasteiger partial charge in [-0.2, -0.15) is 0 Å². The first-order valence-corrected chi connectivity index (χ1v) is 5.17. The van der Waals surface area contributed by atoms with Crippen molar-refractivity contribution >= 4 is 17.7 Å². The Bertz CT molecular complexity index is 479. The van der Waals surface area contributed by atoms with Gasteiger partial charge in [-0.3, -0.25) is 0 Å². The molecule has 0 bridgehead atoms. The Labute approximate surface area is 91.3 Å². The van der Waals surface area contributed by atoms with E-state index >= 15 is 0 Å². The second-order valence-corrected chi connectivity index (χ2v) is 3.80. The van der Waals surface area contributed by atoms with Crippen LogP contribution in [0.2, 0.25) is 0 Å². The van der Waals surface area contributed by atoms with Crippen LogP contribution in [0.25, 0.3) is 11.3 Å². The lowest BCUT2D eigenvalue weighted by molar-refractivity contribution is -0.712. The van der Waals surface area contributed by atoms with Gasteiger partial charge in [0, 0.05) is 17.7 Å². The van der Waals surface area contributed by atoms with Gasteiger partial charge in [-0.25, -0.2) is 0 Å². The van der Waals surface area contributed by atoms with E-state index in [1.165, 1.54) is 17.7 Å². The molecule has 5 heteroatoms. The number of aromatic nitrogens is 2. The summed E-state index contributed by atoms with van der Waals surface area (Å²) in [6.45, 7) is 0. The Morgan fingerprint density at radius 2 is 2.13 bits per heavy atom. The number of rotatable bonds is 2.